The van der Waals surface area contributed by atoms with Gasteiger partial charge < -0.3 is 9.47 Å². The van der Waals surface area contributed by atoms with Gasteiger partial charge in [-0.3, -0.25) is 0 Å². The third-order valence-electron chi connectivity index (χ3n) is 6.43. The van der Waals surface area contributed by atoms with Gasteiger partial charge in [0.25, 0.3) is 0 Å². The van der Waals surface area contributed by atoms with Crippen LogP contribution < -0.4 is 4.90 Å². The largest absolute Gasteiger partial charge is 0.371 e. The third kappa shape index (κ3) is 3.12. The number of piperidine rings is 1. The van der Waals surface area contributed by atoms with E-state index in [0.29, 0.717) is 18.3 Å². The molecule has 0 amide bonds. The van der Waals surface area contributed by atoms with Gasteiger partial charge in [0.1, 0.15) is 5.82 Å². The molecule has 6 nitrogen and oxygen atoms in total. The van der Waals surface area contributed by atoms with Crippen molar-refractivity contribution in [2.45, 2.75) is 26.3 Å². The molecule has 0 radical (unpaired) electrons. The summed E-state index contributed by atoms with van der Waals surface area (Å²) < 4.78 is 17.4. The zero-order valence-electron chi connectivity index (χ0n) is 17.4. The van der Waals surface area contributed by atoms with E-state index in [1.807, 2.05) is 4.68 Å². The molecule has 4 aromatic rings. The van der Waals surface area contributed by atoms with E-state index >= 15 is 0 Å². The number of hydrogen-bond acceptors (Lipinski definition) is 4. The van der Waals surface area contributed by atoms with Crippen molar-refractivity contribution in [3.63, 3.8) is 0 Å². The van der Waals surface area contributed by atoms with Crippen molar-refractivity contribution in [3.8, 4) is 28.3 Å². The van der Waals surface area contributed by atoms with Crippen LogP contribution in [0.4, 0.5) is 10.1 Å². The summed E-state index contributed by atoms with van der Waals surface area (Å²) in [6.45, 7) is 5.24. The fourth-order valence-electron chi connectivity index (χ4n) is 4.85. The average Bonchev–Trinajstić information content (AvgIpc) is 3.39. The van der Waals surface area contributed by atoms with Crippen molar-refractivity contribution in [2.24, 2.45) is 5.92 Å². The third-order valence-corrected chi connectivity index (χ3v) is 6.43. The number of aromatic nitrogens is 5. The van der Waals surface area contributed by atoms with Crippen LogP contribution in [-0.2, 0) is 6.54 Å². The summed E-state index contributed by atoms with van der Waals surface area (Å²) in [5, 5.41) is 12.5. The highest BCUT2D eigenvalue weighted by Crippen LogP contribution is 2.35. The molecular formula is C24H23FN6. The Morgan fingerprint density at radius 3 is 2.74 bits per heavy atom. The molecule has 2 aromatic carbocycles. The lowest BCUT2D eigenvalue weighted by molar-refractivity contribution is 0.447. The van der Waals surface area contributed by atoms with Crippen molar-refractivity contribution >= 4 is 5.69 Å². The predicted octanol–water partition coefficient (Wildman–Crippen LogP) is 4.53. The first-order valence-electron chi connectivity index (χ1n) is 10.8. The minimum Gasteiger partial charge on any atom is -0.371 e. The minimum absolute atomic E-state index is 0.234. The molecule has 156 valence electrons. The van der Waals surface area contributed by atoms with E-state index in [2.05, 4.69) is 62.4 Å². The fraction of sp³-hybridized carbons (Fsp3) is 0.292. The molecule has 1 fully saturated rings. The van der Waals surface area contributed by atoms with Crippen molar-refractivity contribution in [1.29, 1.82) is 0 Å². The lowest BCUT2D eigenvalue weighted by Crippen LogP contribution is -2.34. The number of fused-ring (bicyclic) bond motifs is 5. The monoisotopic (exact) mass is 414 g/mol. The van der Waals surface area contributed by atoms with Gasteiger partial charge >= 0.3 is 0 Å². The number of nitrogens with zero attached hydrogens (tertiary/aromatic N) is 6. The van der Waals surface area contributed by atoms with Crippen LogP contribution in [0.1, 0.15) is 25.3 Å². The van der Waals surface area contributed by atoms with Gasteiger partial charge in [0.05, 0.1) is 11.4 Å². The molecule has 2 aliphatic rings. The minimum atomic E-state index is -0.234. The zero-order valence-corrected chi connectivity index (χ0v) is 17.4. The molecule has 4 heterocycles. The SMILES string of the molecule is C[C@H]1CCCN(c2ccc3c(c2)Cn2cc(-c4ccc(F)cc4)cc2-c2nnnn2-3)C1. The van der Waals surface area contributed by atoms with Gasteiger partial charge in [0.2, 0.25) is 5.82 Å². The lowest BCUT2D eigenvalue weighted by atomic mass is 9.99. The smallest absolute Gasteiger partial charge is 0.203 e. The fourth-order valence-corrected chi connectivity index (χ4v) is 4.85. The summed E-state index contributed by atoms with van der Waals surface area (Å²) in [6.07, 6.45) is 4.64. The summed E-state index contributed by atoms with van der Waals surface area (Å²) in [6, 6.07) is 15.3. The number of halogens is 1. The van der Waals surface area contributed by atoms with Crippen LogP contribution in [0.25, 0.3) is 28.3 Å². The van der Waals surface area contributed by atoms with Gasteiger partial charge in [-0.25, -0.2) is 4.39 Å². The highest BCUT2D eigenvalue weighted by atomic mass is 19.1. The highest BCUT2D eigenvalue weighted by molar-refractivity contribution is 5.71. The van der Waals surface area contributed by atoms with Gasteiger partial charge in [-0.2, -0.15) is 4.68 Å². The second kappa shape index (κ2) is 7.04. The molecule has 0 aliphatic carbocycles. The molecule has 1 saturated heterocycles. The summed E-state index contributed by atoms with van der Waals surface area (Å²) in [7, 11) is 0. The van der Waals surface area contributed by atoms with Crippen LogP contribution in [-0.4, -0.2) is 37.9 Å². The van der Waals surface area contributed by atoms with Crippen LogP contribution in [0, 0.1) is 11.7 Å². The first-order valence-corrected chi connectivity index (χ1v) is 10.8. The van der Waals surface area contributed by atoms with Crippen molar-refractivity contribution in [3.05, 3.63) is 66.1 Å². The number of rotatable bonds is 2. The van der Waals surface area contributed by atoms with Crippen LogP contribution in [0.15, 0.2) is 54.7 Å². The first kappa shape index (κ1) is 18.3. The second-order valence-corrected chi connectivity index (χ2v) is 8.67. The van der Waals surface area contributed by atoms with E-state index in [0.717, 1.165) is 35.6 Å². The van der Waals surface area contributed by atoms with Gasteiger partial charge in [-0.1, -0.05) is 19.1 Å². The van der Waals surface area contributed by atoms with Crippen LogP contribution >= 0.6 is 0 Å². The maximum absolute atomic E-state index is 13.4. The summed E-state index contributed by atoms with van der Waals surface area (Å²) >= 11 is 0. The van der Waals surface area contributed by atoms with E-state index in [1.165, 1.54) is 36.2 Å². The second-order valence-electron chi connectivity index (χ2n) is 8.67. The summed E-state index contributed by atoms with van der Waals surface area (Å²) in [5.74, 6) is 1.20. The Kier molecular flexibility index (Phi) is 4.16. The van der Waals surface area contributed by atoms with Crippen LogP contribution in [0.2, 0.25) is 0 Å². The van der Waals surface area contributed by atoms with Crippen LogP contribution in [0.3, 0.4) is 0 Å². The summed E-state index contributed by atoms with van der Waals surface area (Å²) in [4.78, 5) is 2.49. The maximum atomic E-state index is 13.4. The molecule has 2 aliphatic heterocycles. The van der Waals surface area contributed by atoms with E-state index in [4.69, 9.17) is 0 Å². The molecule has 0 spiro atoms. The topological polar surface area (TPSA) is 51.8 Å². The number of anilines is 1. The maximum Gasteiger partial charge on any atom is 0.203 e. The van der Waals surface area contributed by atoms with Crippen molar-refractivity contribution < 1.29 is 4.39 Å². The van der Waals surface area contributed by atoms with E-state index in [1.54, 1.807) is 12.1 Å². The van der Waals surface area contributed by atoms with Crippen molar-refractivity contribution in [1.82, 2.24) is 24.8 Å². The Morgan fingerprint density at radius 2 is 1.90 bits per heavy atom. The van der Waals surface area contributed by atoms with Gasteiger partial charge in [-0.15, -0.1) is 5.10 Å². The molecule has 7 heteroatoms. The zero-order chi connectivity index (χ0) is 20.9. The molecule has 2 aromatic heterocycles. The Morgan fingerprint density at radius 1 is 1.03 bits per heavy atom. The van der Waals surface area contributed by atoms with Gasteiger partial charge in [0.15, 0.2) is 0 Å². The molecular weight excluding hydrogens is 391 g/mol. The average molecular weight is 414 g/mol. The molecule has 0 N–H and O–H groups in total. The quantitative estimate of drug-likeness (QED) is 0.426. The molecule has 0 bridgehead atoms. The Labute approximate surface area is 179 Å². The lowest BCUT2D eigenvalue weighted by Gasteiger charge is -2.33. The van der Waals surface area contributed by atoms with Crippen LogP contribution in [0.5, 0.6) is 0 Å². The molecule has 0 unspecified atom stereocenters. The molecule has 6 rings (SSSR count). The Balaban J connectivity index is 1.44. The summed E-state index contributed by atoms with van der Waals surface area (Å²) in [5.41, 5.74) is 6.40. The Hall–Kier alpha value is -3.48. The Bertz CT molecular complexity index is 1260. The molecule has 1 atom stereocenters. The van der Waals surface area contributed by atoms with Crippen molar-refractivity contribution in [2.75, 3.05) is 18.0 Å². The van der Waals surface area contributed by atoms with Gasteiger partial charge in [-0.05, 0) is 76.7 Å². The molecule has 31 heavy (non-hydrogen) atoms. The van der Waals surface area contributed by atoms with E-state index < -0.39 is 0 Å². The molecule has 0 saturated carbocycles. The standard InChI is InChI=1S/C24H23FN6/c1-16-3-2-10-29(13-16)21-8-9-22-19(11-21)15-30-14-18(17-4-6-20(25)7-5-17)12-23(30)24-26-27-28-31(22)24/h4-9,11-12,14,16H,2-3,10,13,15H2,1H3/t16-/m0/s1. The predicted molar refractivity (Wildman–Crippen MR) is 118 cm³/mol. The number of tetrazole rings is 1. The van der Waals surface area contributed by atoms with E-state index in [9.17, 15) is 4.39 Å². The van der Waals surface area contributed by atoms with Gasteiger partial charge in [0, 0.05) is 37.1 Å². The first-order chi connectivity index (χ1) is 15.2. The normalized spacial score (nSPS) is 17.6. The van der Waals surface area contributed by atoms with E-state index in [-0.39, 0.29) is 5.82 Å². The number of hydrogen-bond donors (Lipinski definition) is 0. The highest BCUT2D eigenvalue weighted by Gasteiger charge is 2.24. The number of benzene rings is 2.